The summed E-state index contributed by atoms with van der Waals surface area (Å²) in [6, 6.07) is 8.05. The number of halogens is 1. The molecule has 0 bridgehead atoms. The molecule has 1 aliphatic rings. The second-order valence-corrected chi connectivity index (χ2v) is 8.16. The highest BCUT2D eigenvalue weighted by Gasteiger charge is 2.19. The maximum absolute atomic E-state index is 14.5. The topological polar surface area (TPSA) is 112 Å². The van der Waals surface area contributed by atoms with Crippen molar-refractivity contribution >= 4 is 17.5 Å². The summed E-state index contributed by atoms with van der Waals surface area (Å²) in [5.41, 5.74) is 1.72. The van der Waals surface area contributed by atoms with Crippen molar-refractivity contribution in [2.45, 2.75) is 31.8 Å². The molecule has 1 unspecified atom stereocenters. The van der Waals surface area contributed by atoms with Crippen LogP contribution in [0, 0.1) is 17.1 Å². The molecule has 0 aliphatic carbocycles. The van der Waals surface area contributed by atoms with Gasteiger partial charge < -0.3 is 15.5 Å². The molecule has 1 saturated heterocycles. The van der Waals surface area contributed by atoms with Gasteiger partial charge in [-0.2, -0.15) is 10.4 Å². The molecule has 1 aromatic carbocycles. The van der Waals surface area contributed by atoms with Crippen molar-refractivity contribution in [3.8, 4) is 17.3 Å². The van der Waals surface area contributed by atoms with Crippen molar-refractivity contribution in [1.29, 1.82) is 5.26 Å². The van der Waals surface area contributed by atoms with Crippen LogP contribution in [-0.4, -0.2) is 56.7 Å². The second-order valence-electron chi connectivity index (χ2n) is 8.16. The second kappa shape index (κ2) is 9.75. The Morgan fingerprint density at radius 2 is 1.97 bits per heavy atom. The first kappa shape index (κ1) is 22.4. The van der Waals surface area contributed by atoms with Gasteiger partial charge in [0, 0.05) is 17.3 Å². The lowest BCUT2D eigenvalue weighted by Crippen LogP contribution is -2.31. The number of anilines is 2. The van der Waals surface area contributed by atoms with Crippen molar-refractivity contribution in [1.82, 2.24) is 30.0 Å². The number of benzene rings is 1. The van der Waals surface area contributed by atoms with E-state index in [1.165, 1.54) is 0 Å². The van der Waals surface area contributed by atoms with Crippen molar-refractivity contribution < 1.29 is 9.18 Å². The summed E-state index contributed by atoms with van der Waals surface area (Å²) in [4.78, 5) is 22.8. The summed E-state index contributed by atoms with van der Waals surface area (Å²) >= 11 is 0. The van der Waals surface area contributed by atoms with Crippen LogP contribution < -0.4 is 10.6 Å². The molecule has 10 heteroatoms. The number of piperidine rings is 1. The first-order valence-corrected chi connectivity index (χ1v) is 10.8. The maximum atomic E-state index is 14.5. The molecule has 1 fully saturated rings. The summed E-state index contributed by atoms with van der Waals surface area (Å²) in [5.74, 6) is -0.695. The van der Waals surface area contributed by atoms with Gasteiger partial charge in [-0.15, -0.1) is 0 Å². The number of likely N-dealkylation sites (tertiary alicyclic amines) is 1. The van der Waals surface area contributed by atoms with Gasteiger partial charge in [0.15, 0.2) is 5.82 Å². The van der Waals surface area contributed by atoms with E-state index in [-0.39, 0.29) is 17.5 Å². The highest BCUT2D eigenvalue weighted by molar-refractivity contribution is 5.95. The predicted octanol–water partition coefficient (Wildman–Crippen LogP) is 3.13. The average molecular weight is 449 g/mol. The standard InChI is InChI=1S/C23H25FN8O/c1-15(11-25)28-22(33)17-5-3-16(4-6-17)21-20(24)13-26-23(30-21)29-18-12-27-32(14-18)19-7-9-31(2)10-8-19/h3-6,12-15,19H,7-10H2,1-2H3,(H,28,33)(H,26,29,30). The first-order chi connectivity index (χ1) is 15.9. The number of amides is 1. The van der Waals surface area contributed by atoms with Gasteiger partial charge in [0.2, 0.25) is 5.95 Å². The van der Waals surface area contributed by atoms with E-state index in [4.69, 9.17) is 5.26 Å². The van der Waals surface area contributed by atoms with Crippen LogP contribution in [0.5, 0.6) is 0 Å². The molecule has 33 heavy (non-hydrogen) atoms. The third-order valence-corrected chi connectivity index (χ3v) is 5.63. The summed E-state index contributed by atoms with van der Waals surface area (Å²) in [6.45, 7) is 3.67. The third kappa shape index (κ3) is 5.32. The fourth-order valence-electron chi connectivity index (χ4n) is 3.71. The Morgan fingerprint density at radius 1 is 1.24 bits per heavy atom. The van der Waals surface area contributed by atoms with Gasteiger partial charge in [-0.1, -0.05) is 12.1 Å². The Morgan fingerprint density at radius 3 is 2.67 bits per heavy atom. The number of rotatable bonds is 6. The Balaban J connectivity index is 1.47. The van der Waals surface area contributed by atoms with Crippen LogP contribution >= 0.6 is 0 Å². The molecule has 1 amide bonds. The molecule has 3 aromatic rings. The van der Waals surface area contributed by atoms with Crippen LogP contribution in [0.4, 0.5) is 16.0 Å². The minimum Gasteiger partial charge on any atom is -0.337 e. The number of aromatic nitrogens is 4. The lowest BCUT2D eigenvalue weighted by molar-refractivity contribution is 0.0948. The molecular weight excluding hydrogens is 423 g/mol. The maximum Gasteiger partial charge on any atom is 0.252 e. The normalized spacial score (nSPS) is 15.6. The molecular formula is C23H25FN8O. The summed E-state index contributed by atoms with van der Waals surface area (Å²) < 4.78 is 16.4. The van der Waals surface area contributed by atoms with Gasteiger partial charge >= 0.3 is 0 Å². The Kier molecular flexibility index (Phi) is 6.60. The van der Waals surface area contributed by atoms with Gasteiger partial charge in [-0.25, -0.2) is 14.4 Å². The van der Waals surface area contributed by atoms with Gasteiger partial charge in [0.05, 0.1) is 30.2 Å². The number of nitrogens with zero attached hydrogens (tertiary/aromatic N) is 6. The van der Waals surface area contributed by atoms with Gasteiger partial charge in [-0.05, 0) is 52.0 Å². The molecule has 3 heterocycles. The number of carbonyl (C=O) groups excluding carboxylic acids is 1. The molecule has 9 nitrogen and oxygen atoms in total. The highest BCUT2D eigenvalue weighted by Crippen LogP contribution is 2.25. The third-order valence-electron chi connectivity index (χ3n) is 5.63. The SMILES string of the molecule is CC(C#N)NC(=O)c1ccc(-c2nc(Nc3cnn(C4CCN(C)CC4)c3)ncc2F)cc1. The minimum atomic E-state index is -0.603. The quantitative estimate of drug-likeness (QED) is 0.596. The molecule has 170 valence electrons. The minimum absolute atomic E-state index is 0.118. The van der Waals surface area contributed by atoms with Crippen LogP contribution in [0.2, 0.25) is 0 Å². The molecule has 0 saturated carbocycles. The number of hydrogen-bond acceptors (Lipinski definition) is 7. The zero-order chi connectivity index (χ0) is 23.4. The fraction of sp³-hybridized carbons (Fsp3) is 0.348. The van der Waals surface area contributed by atoms with Crippen molar-refractivity contribution in [3.63, 3.8) is 0 Å². The molecule has 0 spiro atoms. The Labute approximate surface area is 191 Å². The zero-order valence-electron chi connectivity index (χ0n) is 18.5. The Hall–Kier alpha value is -3.84. The molecule has 0 radical (unpaired) electrons. The molecule has 4 rings (SSSR count). The van der Waals surface area contributed by atoms with Gasteiger partial charge in [0.25, 0.3) is 5.91 Å². The van der Waals surface area contributed by atoms with E-state index in [0.29, 0.717) is 17.2 Å². The van der Waals surface area contributed by atoms with Crippen LogP contribution in [0.3, 0.4) is 0 Å². The summed E-state index contributed by atoms with van der Waals surface area (Å²) in [7, 11) is 2.12. The summed E-state index contributed by atoms with van der Waals surface area (Å²) in [5, 5.41) is 18.9. The van der Waals surface area contributed by atoms with E-state index in [1.54, 1.807) is 37.4 Å². The van der Waals surface area contributed by atoms with E-state index >= 15 is 0 Å². The van der Waals surface area contributed by atoms with Crippen molar-refractivity contribution in [3.05, 3.63) is 54.2 Å². The molecule has 1 aliphatic heterocycles. The van der Waals surface area contributed by atoms with Crippen LogP contribution in [0.25, 0.3) is 11.3 Å². The van der Waals surface area contributed by atoms with E-state index in [0.717, 1.165) is 37.8 Å². The largest absolute Gasteiger partial charge is 0.337 e. The smallest absolute Gasteiger partial charge is 0.252 e. The van der Waals surface area contributed by atoms with Crippen LogP contribution in [0.15, 0.2) is 42.9 Å². The average Bonchev–Trinajstić information content (AvgIpc) is 3.29. The van der Waals surface area contributed by atoms with Crippen LogP contribution in [-0.2, 0) is 0 Å². The summed E-state index contributed by atoms with van der Waals surface area (Å²) in [6.07, 6.45) is 6.82. The first-order valence-electron chi connectivity index (χ1n) is 10.8. The lowest BCUT2D eigenvalue weighted by Gasteiger charge is -2.28. The Bertz CT molecular complexity index is 1160. The predicted molar refractivity (Wildman–Crippen MR) is 121 cm³/mol. The molecule has 2 aromatic heterocycles. The fourth-order valence-corrected chi connectivity index (χ4v) is 3.71. The number of hydrogen-bond donors (Lipinski definition) is 2. The lowest BCUT2D eigenvalue weighted by atomic mass is 10.1. The zero-order valence-corrected chi connectivity index (χ0v) is 18.5. The van der Waals surface area contributed by atoms with E-state index < -0.39 is 11.9 Å². The molecule has 2 N–H and O–H groups in total. The van der Waals surface area contributed by atoms with Crippen molar-refractivity contribution in [2.75, 3.05) is 25.5 Å². The number of carbonyl (C=O) groups is 1. The monoisotopic (exact) mass is 448 g/mol. The molecule has 1 atom stereocenters. The van der Waals surface area contributed by atoms with Crippen molar-refractivity contribution in [2.24, 2.45) is 0 Å². The van der Waals surface area contributed by atoms with E-state index in [2.05, 4.69) is 37.6 Å². The van der Waals surface area contributed by atoms with E-state index in [9.17, 15) is 9.18 Å². The van der Waals surface area contributed by atoms with Gasteiger partial charge in [0.1, 0.15) is 11.7 Å². The van der Waals surface area contributed by atoms with Crippen LogP contribution in [0.1, 0.15) is 36.2 Å². The number of nitrogens with one attached hydrogen (secondary N) is 2. The van der Waals surface area contributed by atoms with Gasteiger partial charge in [-0.3, -0.25) is 9.48 Å². The highest BCUT2D eigenvalue weighted by atomic mass is 19.1. The van der Waals surface area contributed by atoms with E-state index in [1.807, 2.05) is 16.9 Å². The number of nitriles is 1.